The van der Waals surface area contributed by atoms with Crippen LogP contribution in [0.15, 0.2) is 24.3 Å². The van der Waals surface area contributed by atoms with E-state index in [-0.39, 0.29) is 19.0 Å². The number of hydrogen-bond donors (Lipinski definition) is 3. The van der Waals surface area contributed by atoms with Crippen LogP contribution in [0.1, 0.15) is 12.5 Å². The first-order valence-electron chi connectivity index (χ1n) is 5.99. The topological polar surface area (TPSA) is 78.8 Å². The number of methoxy groups -OCH3 is 1. The number of halogens is 1. The van der Waals surface area contributed by atoms with E-state index < -0.39 is 17.3 Å². The van der Waals surface area contributed by atoms with Gasteiger partial charge < -0.3 is 20.3 Å². The average Bonchev–Trinajstić information content (AvgIpc) is 2.45. The van der Waals surface area contributed by atoms with Gasteiger partial charge in [-0.2, -0.15) is 0 Å². The lowest BCUT2D eigenvalue weighted by atomic mass is 10.1. The molecule has 0 radical (unpaired) electrons. The zero-order valence-corrected chi connectivity index (χ0v) is 11.4. The molecule has 0 heterocycles. The second kappa shape index (κ2) is 7.02. The van der Waals surface area contributed by atoms with Crippen LogP contribution >= 0.6 is 0 Å². The van der Waals surface area contributed by atoms with Gasteiger partial charge in [0.05, 0.1) is 25.9 Å². The Kier molecular flexibility index (Phi) is 5.66. The largest absolute Gasteiger partial charge is 0.494 e. The summed E-state index contributed by atoms with van der Waals surface area (Å²) >= 11 is 0. The molecule has 1 amide bonds. The minimum atomic E-state index is -1.09. The van der Waals surface area contributed by atoms with Crippen molar-refractivity contribution in [3.8, 4) is 5.75 Å². The molecule has 1 aromatic carbocycles. The number of aliphatic hydroxyl groups excluding tert-OH is 2. The number of hydrogen-bond acceptors (Lipinski definition) is 4. The Morgan fingerprint density at radius 3 is 2.60 bits per heavy atom. The van der Waals surface area contributed by atoms with Gasteiger partial charge in [0.15, 0.2) is 11.6 Å². The fraction of sp³-hybridized carbons (Fsp3) is 0.357. The van der Waals surface area contributed by atoms with E-state index in [0.29, 0.717) is 5.56 Å². The number of aliphatic hydroxyl groups is 2. The van der Waals surface area contributed by atoms with E-state index in [2.05, 4.69) is 5.32 Å². The van der Waals surface area contributed by atoms with Crippen molar-refractivity contribution in [2.45, 2.75) is 12.5 Å². The van der Waals surface area contributed by atoms with Gasteiger partial charge in [-0.05, 0) is 30.7 Å². The molecule has 0 spiro atoms. The van der Waals surface area contributed by atoms with E-state index in [1.165, 1.54) is 38.3 Å². The molecule has 0 bridgehead atoms. The second-order valence-electron chi connectivity index (χ2n) is 4.59. The molecule has 0 aromatic heterocycles. The maximum atomic E-state index is 13.4. The van der Waals surface area contributed by atoms with Crippen LogP contribution < -0.4 is 10.1 Å². The molecule has 0 saturated heterocycles. The van der Waals surface area contributed by atoms with Crippen molar-refractivity contribution >= 4 is 12.0 Å². The van der Waals surface area contributed by atoms with Crippen molar-refractivity contribution in [1.29, 1.82) is 0 Å². The minimum absolute atomic E-state index is 0.125. The normalized spacial score (nSPS) is 11.7. The Labute approximate surface area is 116 Å². The molecule has 0 saturated carbocycles. The molecule has 0 aliphatic heterocycles. The molecule has 1 aromatic rings. The molecular formula is C14H18FNO4. The Morgan fingerprint density at radius 2 is 2.10 bits per heavy atom. The van der Waals surface area contributed by atoms with Crippen LogP contribution in [0.3, 0.4) is 0 Å². The Balaban J connectivity index is 2.73. The van der Waals surface area contributed by atoms with Gasteiger partial charge in [-0.1, -0.05) is 6.07 Å². The van der Waals surface area contributed by atoms with Crippen molar-refractivity contribution in [2.75, 3.05) is 20.3 Å². The summed E-state index contributed by atoms with van der Waals surface area (Å²) in [6, 6.07) is 4.29. The van der Waals surface area contributed by atoms with E-state index in [1.54, 1.807) is 6.07 Å². The van der Waals surface area contributed by atoms with E-state index in [0.717, 1.165) is 0 Å². The summed E-state index contributed by atoms with van der Waals surface area (Å²) < 4.78 is 18.2. The second-order valence-corrected chi connectivity index (χ2v) is 4.59. The van der Waals surface area contributed by atoms with E-state index in [4.69, 9.17) is 14.9 Å². The Bertz CT molecular complexity index is 498. The van der Waals surface area contributed by atoms with Crippen LogP contribution in [0.25, 0.3) is 6.08 Å². The smallest absolute Gasteiger partial charge is 0.244 e. The summed E-state index contributed by atoms with van der Waals surface area (Å²) in [5.74, 6) is -0.892. The summed E-state index contributed by atoms with van der Waals surface area (Å²) in [5.41, 5.74) is -0.597. The Morgan fingerprint density at radius 1 is 1.45 bits per heavy atom. The van der Waals surface area contributed by atoms with Gasteiger partial charge in [-0.3, -0.25) is 4.79 Å². The molecular weight excluding hydrogens is 265 g/mol. The SMILES string of the molecule is COc1ccc(/C=C/C(=O)NC(C)(CO)CO)cc1F. The highest BCUT2D eigenvalue weighted by Crippen LogP contribution is 2.18. The molecule has 3 N–H and O–H groups in total. The van der Waals surface area contributed by atoms with Crippen LogP contribution in [-0.4, -0.2) is 42.0 Å². The maximum Gasteiger partial charge on any atom is 0.244 e. The summed E-state index contributed by atoms with van der Waals surface area (Å²) in [4.78, 5) is 11.6. The van der Waals surface area contributed by atoms with Gasteiger partial charge in [0.25, 0.3) is 0 Å². The fourth-order valence-electron chi connectivity index (χ4n) is 1.43. The first-order valence-corrected chi connectivity index (χ1v) is 5.99. The molecule has 0 unspecified atom stereocenters. The van der Waals surface area contributed by atoms with Crippen molar-refractivity contribution in [1.82, 2.24) is 5.32 Å². The molecule has 0 atom stereocenters. The fourth-order valence-corrected chi connectivity index (χ4v) is 1.43. The zero-order valence-electron chi connectivity index (χ0n) is 11.4. The number of ether oxygens (including phenoxy) is 1. The minimum Gasteiger partial charge on any atom is -0.494 e. The lowest BCUT2D eigenvalue weighted by molar-refractivity contribution is -0.119. The van der Waals surface area contributed by atoms with Gasteiger partial charge >= 0.3 is 0 Å². The summed E-state index contributed by atoms with van der Waals surface area (Å²) in [6.07, 6.45) is 2.62. The number of carbonyl (C=O) groups is 1. The van der Waals surface area contributed by atoms with Gasteiger partial charge in [0, 0.05) is 6.08 Å². The zero-order chi connectivity index (χ0) is 15.2. The first kappa shape index (κ1) is 16.1. The van der Waals surface area contributed by atoms with Crippen molar-refractivity contribution in [2.24, 2.45) is 0 Å². The van der Waals surface area contributed by atoms with Gasteiger partial charge in [0.2, 0.25) is 5.91 Å². The number of benzene rings is 1. The molecule has 20 heavy (non-hydrogen) atoms. The molecule has 110 valence electrons. The van der Waals surface area contributed by atoms with Crippen LogP contribution in [-0.2, 0) is 4.79 Å². The highest BCUT2D eigenvalue weighted by molar-refractivity contribution is 5.92. The van der Waals surface area contributed by atoms with Crippen molar-refractivity contribution in [3.05, 3.63) is 35.7 Å². The molecule has 5 nitrogen and oxygen atoms in total. The van der Waals surface area contributed by atoms with Crippen molar-refractivity contribution in [3.63, 3.8) is 0 Å². The quantitative estimate of drug-likeness (QED) is 0.672. The number of rotatable bonds is 6. The molecule has 6 heteroatoms. The summed E-state index contributed by atoms with van der Waals surface area (Å²) in [5, 5.41) is 20.6. The van der Waals surface area contributed by atoms with Crippen LogP contribution in [0, 0.1) is 5.82 Å². The van der Waals surface area contributed by atoms with E-state index in [9.17, 15) is 9.18 Å². The van der Waals surface area contributed by atoms with E-state index in [1.807, 2.05) is 0 Å². The van der Waals surface area contributed by atoms with Gasteiger partial charge in [-0.25, -0.2) is 4.39 Å². The molecule has 1 rings (SSSR count). The number of carbonyl (C=O) groups excluding carboxylic acids is 1. The Hall–Kier alpha value is -1.92. The lowest BCUT2D eigenvalue weighted by Gasteiger charge is -2.25. The average molecular weight is 283 g/mol. The highest BCUT2D eigenvalue weighted by atomic mass is 19.1. The molecule has 0 aliphatic rings. The van der Waals surface area contributed by atoms with Crippen LogP contribution in [0.5, 0.6) is 5.75 Å². The summed E-state index contributed by atoms with van der Waals surface area (Å²) in [6.45, 7) is 0.728. The lowest BCUT2D eigenvalue weighted by Crippen LogP contribution is -2.51. The number of nitrogens with one attached hydrogen (secondary N) is 1. The van der Waals surface area contributed by atoms with E-state index >= 15 is 0 Å². The molecule has 0 aliphatic carbocycles. The first-order chi connectivity index (χ1) is 9.44. The molecule has 0 fully saturated rings. The van der Waals surface area contributed by atoms with Crippen molar-refractivity contribution < 1.29 is 24.1 Å². The standard InChI is InChI=1S/C14H18FNO4/c1-14(8-17,9-18)16-13(19)6-4-10-3-5-12(20-2)11(15)7-10/h3-7,17-18H,8-9H2,1-2H3,(H,16,19)/b6-4+. The van der Waals surface area contributed by atoms with Gasteiger partial charge in [-0.15, -0.1) is 0 Å². The highest BCUT2D eigenvalue weighted by Gasteiger charge is 2.23. The third-order valence-corrected chi connectivity index (χ3v) is 2.73. The van der Waals surface area contributed by atoms with Crippen LogP contribution in [0.4, 0.5) is 4.39 Å². The maximum absolute atomic E-state index is 13.4. The third kappa shape index (κ3) is 4.32. The van der Waals surface area contributed by atoms with Crippen LogP contribution in [0.2, 0.25) is 0 Å². The summed E-state index contributed by atoms with van der Waals surface area (Å²) in [7, 11) is 1.37. The predicted octanol–water partition coefficient (Wildman–Crippen LogP) is 0.707. The van der Waals surface area contributed by atoms with Gasteiger partial charge in [0.1, 0.15) is 0 Å². The third-order valence-electron chi connectivity index (χ3n) is 2.73. The number of amides is 1. The monoisotopic (exact) mass is 283 g/mol. The predicted molar refractivity (Wildman–Crippen MR) is 72.7 cm³/mol.